The van der Waals surface area contributed by atoms with Gasteiger partial charge in [-0.1, -0.05) is 0 Å². The third-order valence-corrected chi connectivity index (χ3v) is 3.57. The number of aromatic nitrogens is 1. The van der Waals surface area contributed by atoms with Crippen LogP contribution in [0, 0.1) is 11.6 Å². The minimum Gasteiger partial charge on any atom is -0.478 e. The number of hydrogen-bond donors (Lipinski definition) is 2. The average Bonchev–Trinajstić information content (AvgIpc) is 2.53. The summed E-state index contributed by atoms with van der Waals surface area (Å²) in [5.74, 6) is -3.09. The summed E-state index contributed by atoms with van der Waals surface area (Å²) in [6, 6.07) is 8.78. The highest BCUT2D eigenvalue weighted by Gasteiger charge is 2.16. The Bertz CT molecular complexity index is 1020. The normalized spacial score (nSPS) is 10.7. The molecule has 0 bridgehead atoms. The molecule has 3 rings (SSSR count). The van der Waals surface area contributed by atoms with E-state index in [1.807, 2.05) is 0 Å². The van der Waals surface area contributed by atoms with E-state index in [-0.39, 0.29) is 22.7 Å². The number of carbonyl (C=O) groups excluding carboxylic acids is 1. The van der Waals surface area contributed by atoms with Gasteiger partial charge >= 0.3 is 5.97 Å². The molecule has 2 N–H and O–H groups in total. The lowest BCUT2D eigenvalue weighted by Crippen LogP contribution is -2.06. The molecule has 2 aromatic carbocycles. The Labute approximate surface area is 140 Å². The van der Waals surface area contributed by atoms with Crippen LogP contribution in [0.15, 0.2) is 42.5 Å². The zero-order chi connectivity index (χ0) is 18.1. The summed E-state index contributed by atoms with van der Waals surface area (Å²) in [4.78, 5) is 27.0. The molecule has 0 spiro atoms. The summed E-state index contributed by atoms with van der Waals surface area (Å²) in [5.41, 5.74) is 0.708. The molecule has 0 saturated heterocycles. The summed E-state index contributed by atoms with van der Waals surface area (Å²) in [6.45, 7) is 1.33. The minimum absolute atomic E-state index is 0.00302. The maximum Gasteiger partial charge on any atom is 0.336 e. The second-order valence-electron chi connectivity index (χ2n) is 5.40. The molecule has 3 aromatic rings. The van der Waals surface area contributed by atoms with Crippen LogP contribution in [0.25, 0.3) is 22.2 Å². The first-order chi connectivity index (χ1) is 11.8. The van der Waals surface area contributed by atoms with Crippen LogP contribution < -0.4 is 5.32 Å². The molecule has 0 aliphatic heterocycles. The van der Waals surface area contributed by atoms with Gasteiger partial charge in [-0.2, -0.15) is 0 Å². The third kappa shape index (κ3) is 3.30. The topological polar surface area (TPSA) is 79.3 Å². The molecule has 1 aromatic heterocycles. The van der Waals surface area contributed by atoms with Crippen molar-refractivity contribution in [3.63, 3.8) is 0 Å². The number of hydrogen-bond acceptors (Lipinski definition) is 3. The molecule has 1 amide bonds. The highest BCUT2D eigenvalue weighted by Crippen LogP contribution is 2.28. The Morgan fingerprint density at radius 2 is 1.84 bits per heavy atom. The van der Waals surface area contributed by atoms with E-state index in [0.29, 0.717) is 22.7 Å². The van der Waals surface area contributed by atoms with Crippen LogP contribution >= 0.6 is 0 Å². The van der Waals surface area contributed by atoms with Crippen molar-refractivity contribution in [2.45, 2.75) is 6.92 Å². The highest BCUT2D eigenvalue weighted by molar-refractivity contribution is 6.05. The number of halogens is 2. The van der Waals surface area contributed by atoms with Gasteiger partial charge in [0.2, 0.25) is 5.91 Å². The van der Waals surface area contributed by atoms with Gasteiger partial charge in [-0.05, 0) is 36.4 Å². The van der Waals surface area contributed by atoms with Gasteiger partial charge in [-0.25, -0.2) is 18.6 Å². The fourth-order valence-corrected chi connectivity index (χ4v) is 2.52. The Morgan fingerprint density at radius 1 is 1.08 bits per heavy atom. The summed E-state index contributed by atoms with van der Waals surface area (Å²) >= 11 is 0. The van der Waals surface area contributed by atoms with E-state index in [0.717, 1.165) is 6.07 Å². The molecule has 0 saturated carbocycles. The van der Waals surface area contributed by atoms with Gasteiger partial charge in [0.05, 0.1) is 16.8 Å². The largest absolute Gasteiger partial charge is 0.478 e. The number of benzene rings is 2. The van der Waals surface area contributed by atoms with Crippen LogP contribution in [0.1, 0.15) is 17.3 Å². The van der Waals surface area contributed by atoms with Crippen molar-refractivity contribution in [2.75, 3.05) is 5.32 Å². The molecule has 1 heterocycles. The van der Waals surface area contributed by atoms with Gasteiger partial charge in [-0.15, -0.1) is 0 Å². The summed E-state index contributed by atoms with van der Waals surface area (Å²) < 4.78 is 27.1. The Kier molecular flexibility index (Phi) is 4.14. The molecule has 0 aliphatic rings. The Hall–Kier alpha value is -3.35. The number of nitrogens with zero attached hydrogens (tertiary/aromatic N) is 1. The van der Waals surface area contributed by atoms with Crippen LogP contribution in [0.3, 0.4) is 0 Å². The summed E-state index contributed by atoms with van der Waals surface area (Å²) in [5, 5.41) is 12.3. The van der Waals surface area contributed by atoms with E-state index in [1.165, 1.54) is 31.2 Å². The zero-order valence-corrected chi connectivity index (χ0v) is 13.0. The van der Waals surface area contributed by atoms with Gasteiger partial charge in [0.25, 0.3) is 0 Å². The van der Waals surface area contributed by atoms with E-state index in [2.05, 4.69) is 10.3 Å². The standard InChI is InChI=1S/C18H12F2N2O3/c1-9(23)21-11-3-5-16-13(7-11)14(18(24)25)8-17(22-16)12-4-2-10(19)6-15(12)20/h2-8H,1H3,(H,21,23)(H,24,25). The van der Waals surface area contributed by atoms with Crippen LogP contribution in [0.5, 0.6) is 0 Å². The maximum absolute atomic E-state index is 14.0. The molecule has 7 heteroatoms. The fraction of sp³-hybridized carbons (Fsp3) is 0.0556. The van der Waals surface area contributed by atoms with Crippen molar-refractivity contribution < 1.29 is 23.5 Å². The molecule has 0 atom stereocenters. The number of aromatic carboxylic acids is 1. The molecule has 0 radical (unpaired) electrons. The number of nitrogens with one attached hydrogen (secondary N) is 1. The maximum atomic E-state index is 14.0. The molecule has 0 aliphatic carbocycles. The molecule has 0 fully saturated rings. The van der Waals surface area contributed by atoms with Crippen LogP contribution in [-0.2, 0) is 4.79 Å². The number of anilines is 1. The molecular weight excluding hydrogens is 330 g/mol. The first kappa shape index (κ1) is 16.5. The molecular formula is C18H12F2N2O3. The average molecular weight is 342 g/mol. The SMILES string of the molecule is CC(=O)Nc1ccc2nc(-c3ccc(F)cc3F)cc(C(=O)O)c2c1. The summed E-state index contributed by atoms with van der Waals surface area (Å²) in [7, 11) is 0. The predicted molar refractivity (Wildman–Crippen MR) is 88.4 cm³/mol. The van der Waals surface area contributed by atoms with E-state index >= 15 is 0 Å². The number of pyridine rings is 1. The third-order valence-electron chi connectivity index (χ3n) is 3.57. The Balaban J connectivity index is 2.23. The van der Waals surface area contributed by atoms with Gasteiger partial charge in [0.15, 0.2) is 0 Å². The second-order valence-corrected chi connectivity index (χ2v) is 5.40. The van der Waals surface area contributed by atoms with Crippen molar-refractivity contribution in [3.05, 3.63) is 59.7 Å². The number of fused-ring (bicyclic) bond motifs is 1. The van der Waals surface area contributed by atoms with Gasteiger partial charge in [-0.3, -0.25) is 4.79 Å². The van der Waals surface area contributed by atoms with Crippen molar-refractivity contribution in [1.29, 1.82) is 0 Å². The highest BCUT2D eigenvalue weighted by atomic mass is 19.1. The van der Waals surface area contributed by atoms with Crippen molar-refractivity contribution in [1.82, 2.24) is 4.98 Å². The molecule has 126 valence electrons. The fourth-order valence-electron chi connectivity index (χ4n) is 2.52. The molecule has 0 unspecified atom stereocenters. The number of carboxylic acids is 1. The van der Waals surface area contributed by atoms with Gasteiger partial charge in [0.1, 0.15) is 11.6 Å². The molecule has 5 nitrogen and oxygen atoms in total. The lowest BCUT2D eigenvalue weighted by molar-refractivity contribution is -0.114. The first-order valence-corrected chi connectivity index (χ1v) is 7.26. The van der Waals surface area contributed by atoms with Crippen molar-refractivity contribution in [2.24, 2.45) is 0 Å². The van der Waals surface area contributed by atoms with E-state index in [4.69, 9.17) is 0 Å². The zero-order valence-electron chi connectivity index (χ0n) is 13.0. The Morgan fingerprint density at radius 3 is 2.48 bits per heavy atom. The minimum atomic E-state index is -1.23. The molecule has 25 heavy (non-hydrogen) atoms. The van der Waals surface area contributed by atoms with Gasteiger partial charge in [0, 0.05) is 29.6 Å². The lowest BCUT2D eigenvalue weighted by atomic mass is 10.0. The van der Waals surface area contributed by atoms with Crippen LogP contribution in [-0.4, -0.2) is 22.0 Å². The number of carbonyl (C=O) groups is 2. The van der Waals surface area contributed by atoms with Crippen LogP contribution in [0.4, 0.5) is 14.5 Å². The lowest BCUT2D eigenvalue weighted by Gasteiger charge is -2.10. The monoisotopic (exact) mass is 342 g/mol. The van der Waals surface area contributed by atoms with E-state index < -0.39 is 17.6 Å². The van der Waals surface area contributed by atoms with Gasteiger partial charge < -0.3 is 10.4 Å². The predicted octanol–water partition coefficient (Wildman–Crippen LogP) is 3.84. The first-order valence-electron chi connectivity index (χ1n) is 7.26. The van der Waals surface area contributed by atoms with E-state index in [1.54, 1.807) is 6.07 Å². The van der Waals surface area contributed by atoms with Crippen molar-refractivity contribution in [3.8, 4) is 11.3 Å². The number of rotatable bonds is 3. The quantitative estimate of drug-likeness (QED) is 0.758. The van der Waals surface area contributed by atoms with Crippen molar-refractivity contribution >= 4 is 28.5 Å². The summed E-state index contributed by atoms with van der Waals surface area (Å²) in [6.07, 6.45) is 0. The van der Waals surface area contributed by atoms with E-state index in [9.17, 15) is 23.5 Å². The van der Waals surface area contributed by atoms with Crippen LogP contribution in [0.2, 0.25) is 0 Å². The smallest absolute Gasteiger partial charge is 0.336 e. The second kappa shape index (κ2) is 6.27. The number of amides is 1. The number of carboxylic acid groups (broad SMARTS) is 1.